The molecule has 0 N–H and O–H groups in total. The van der Waals surface area contributed by atoms with Gasteiger partial charge in [0.15, 0.2) is 0 Å². The molecule has 0 aliphatic carbocycles. The molecule has 26 heavy (non-hydrogen) atoms. The summed E-state index contributed by atoms with van der Waals surface area (Å²) in [5, 5.41) is 0. The summed E-state index contributed by atoms with van der Waals surface area (Å²) in [4.78, 5) is 2.35. The number of benzene rings is 2. The molecule has 0 amide bonds. The first-order valence-electron chi connectivity index (χ1n) is 9.13. The molecule has 0 radical (unpaired) electrons. The molecular formula is C23H26BrN2+. The van der Waals surface area contributed by atoms with Crippen molar-refractivity contribution in [1.29, 1.82) is 0 Å². The zero-order valence-corrected chi connectivity index (χ0v) is 18.0. The highest BCUT2D eigenvalue weighted by atomic mass is 79.9. The fourth-order valence-electron chi connectivity index (χ4n) is 4.88. The number of hydrogen-bond donors (Lipinski definition) is 0. The Balaban J connectivity index is 1.97. The average molecular weight is 410 g/mol. The monoisotopic (exact) mass is 409 g/mol. The van der Waals surface area contributed by atoms with Gasteiger partial charge in [-0.15, -0.1) is 0 Å². The Bertz CT molecular complexity index is 979. The molecule has 0 unspecified atom stereocenters. The lowest BCUT2D eigenvalue weighted by Crippen LogP contribution is -2.33. The van der Waals surface area contributed by atoms with Gasteiger partial charge in [0.25, 0.3) is 0 Å². The Labute approximate surface area is 165 Å². The number of likely N-dealkylation sites (N-methyl/N-ethyl adjacent to an activating group) is 1. The molecule has 0 atom stereocenters. The molecule has 0 aromatic heterocycles. The maximum atomic E-state index is 4.04. The second-order valence-corrected chi connectivity index (χ2v) is 9.21. The molecular weight excluding hydrogens is 384 g/mol. The second kappa shape index (κ2) is 5.56. The van der Waals surface area contributed by atoms with Crippen LogP contribution >= 0.6 is 15.9 Å². The maximum Gasteiger partial charge on any atom is 0.209 e. The van der Waals surface area contributed by atoms with Gasteiger partial charge in [-0.2, -0.15) is 4.58 Å². The zero-order valence-electron chi connectivity index (χ0n) is 16.4. The summed E-state index contributed by atoms with van der Waals surface area (Å²) in [5.41, 5.74) is 7.88. The molecule has 2 heterocycles. The van der Waals surface area contributed by atoms with Crippen molar-refractivity contribution in [2.24, 2.45) is 0 Å². The predicted octanol–water partition coefficient (Wildman–Crippen LogP) is 5.73. The summed E-state index contributed by atoms with van der Waals surface area (Å²) in [6, 6.07) is 17.5. The van der Waals surface area contributed by atoms with Gasteiger partial charge in [-0.1, -0.05) is 50.2 Å². The van der Waals surface area contributed by atoms with Crippen molar-refractivity contribution in [2.45, 2.75) is 38.5 Å². The molecule has 3 heteroatoms. The van der Waals surface area contributed by atoms with Gasteiger partial charge in [-0.3, -0.25) is 0 Å². The lowest BCUT2D eigenvalue weighted by molar-refractivity contribution is -0.401. The molecule has 2 aliphatic heterocycles. The first kappa shape index (κ1) is 17.5. The van der Waals surface area contributed by atoms with E-state index in [-0.39, 0.29) is 10.8 Å². The number of rotatable bonds is 1. The third kappa shape index (κ3) is 2.13. The standard InChI is InChI=1S/C23H26BrN2/c1-22(2)15-11-7-9-13-17(15)25(5)20(22)19(24)21-23(3,4)16-12-8-10-14-18(16)26(21)6/h7-14H,1-6H3/q+1. The molecule has 134 valence electrons. The maximum absolute atomic E-state index is 4.04. The molecule has 0 bridgehead atoms. The summed E-state index contributed by atoms with van der Waals surface area (Å²) >= 11 is 4.04. The van der Waals surface area contributed by atoms with Crippen LogP contribution in [-0.4, -0.2) is 24.4 Å². The van der Waals surface area contributed by atoms with E-state index >= 15 is 0 Å². The van der Waals surface area contributed by atoms with Gasteiger partial charge >= 0.3 is 0 Å². The zero-order chi connectivity index (χ0) is 18.9. The van der Waals surface area contributed by atoms with Gasteiger partial charge < -0.3 is 4.90 Å². The Hall–Kier alpha value is -1.87. The Morgan fingerprint density at radius 2 is 1.46 bits per heavy atom. The smallest absolute Gasteiger partial charge is 0.209 e. The van der Waals surface area contributed by atoms with Crippen LogP contribution in [0.4, 0.5) is 11.4 Å². The van der Waals surface area contributed by atoms with Gasteiger partial charge in [0.2, 0.25) is 11.4 Å². The first-order chi connectivity index (χ1) is 12.2. The van der Waals surface area contributed by atoms with E-state index < -0.39 is 0 Å². The summed E-state index contributed by atoms with van der Waals surface area (Å²) in [6.45, 7) is 9.28. The van der Waals surface area contributed by atoms with Crippen LogP contribution in [-0.2, 0) is 10.8 Å². The summed E-state index contributed by atoms with van der Waals surface area (Å²) in [6.07, 6.45) is 0. The van der Waals surface area contributed by atoms with E-state index in [1.165, 1.54) is 38.4 Å². The Morgan fingerprint density at radius 1 is 0.885 bits per heavy atom. The number of allylic oxidation sites excluding steroid dienone is 2. The predicted molar refractivity (Wildman–Crippen MR) is 114 cm³/mol. The van der Waals surface area contributed by atoms with E-state index in [0.29, 0.717) is 0 Å². The highest BCUT2D eigenvalue weighted by molar-refractivity contribution is 9.12. The molecule has 2 aromatic carbocycles. The van der Waals surface area contributed by atoms with Gasteiger partial charge in [0, 0.05) is 35.5 Å². The van der Waals surface area contributed by atoms with E-state index in [1.54, 1.807) is 0 Å². The quantitative estimate of drug-likeness (QED) is 0.545. The lowest BCUT2D eigenvalue weighted by Gasteiger charge is -2.27. The van der Waals surface area contributed by atoms with Crippen molar-refractivity contribution in [3.63, 3.8) is 0 Å². The molecule has 2 nitrogen and oxygen atoms in total. The minimum Gasteiger partial charge on any atom is -0.346 e. The van der Waals surface area contributed by atoms with E-state index in [0.717, 1.165) is 0 Å². The van der Waals surface area contributed by atoms with Crippen LogP contribution in [0.5, 0.6) is 0 Å². The van der Waals surface area contributed by atoms with Crippen LogP contribution in [0.1, 0.15) is 38.8 Å². The van der Waals surface area contributed by atoms with Crippen LogP contribution in [0.15, 0.2) is 58.7 Å². The van der Waals surface area contributed by atoms with Crippen LogP contribution in [0, 0.1) is 0 Å². The Morgan fingerprint density at radius 3 is 2.08 bits per heavy atom. The van der Waals surface area contributed by atoms with E-state index in [2.05, 4.69) is 116 Å². The highest BCUT2D eigenvalue weighted by Gasteiger charge is 2.49. The molecule has 2 aromatic rings. The molecule has 0 saturated carbocycles. The van der Waals surface area contributed by atoms with Crippen LogP contribution < -0.4 is 4.90 Å². The topological polar surface area (TPSA) is 6.25 Å². The minimum absolute atomic E-state index is 0.0527. The fourth-order valence-corrected chi connectivity index (χ4v) is 6.40. The molecule has 4 rings (SSSR count). The first-order valence-corrected chi connectivity index (χ1v) is 9.93. The van der Waals surface area contributed by atoms with Gasteiger partial charge in [-0.25, -0.2) is 0 Å². The average Bonchev–Trinajstić information content (AvgIpc) is 2.93. The summed E-state index contributed by atoms with van der Waals surface area (Å²) in [5.74, 6) is 0. The van der Waals surface area contributed by atoms with Crippen molar-refractivity contribution in [1.82, 2.24) is 0 Å². The highest BCUT2D eigenvalue weighted by Crippen LogP contribution is 2.51. The molecule has 2 aliphatic rings. The minimum atomic E-state index is -0.0527. The number of halogens is 1. The fraction of sp³-hybridized carbons (Fsp3) is 0.348. The van der Waals surface area contributed by atoms with E-state index in [4.69, 9.17) is 0 Å². The SMILES string of the molecule is CN1/C(=C(\Br)C2=[N+](C)c3ccccc3C2(C)C)C(C)(C)c2ccccc21. The molecule has 0 spiro atoms. The third-order valence-electron chi connectivity index (χ3n) is 6.15. The summed E-state index contributed by atoms with van der Waals surface area (Å²) in [7, 11) is 4.36. The number of fused-ring (bicyclic) bond motifs is 2. The molecule has 0 fully saturated rings. The number of anilines is 1. The largest absolute Gasteiger partial charge is 0.346 e. The van der Waals surface area contributed by atoms with Gasteiger partial charge in [-0.05, 0) is 41.4 Å². The van der Waals surface area contributed by atoms with Crippen LogP contribution in [0.25, 0.3) is 0 Å². The van der Waals surface area contributed by atoms with Gasteiger partial charge in [0.05, 0.1) is 5.41 Å². The van der Waals surface area contributed by atoms with E-state index in [1.807, 2.05) is 0 Å². The van der Waals surface area contributed by atoms with Crippen LogP contribution in [0.2, 0.25) is 0 Å². The third-order valence-corrected chi connectivity index (χ3v) is 6.90. The van der Waals surface area contributed by atoms with Crippen molar-refractivity contribution >= 4 is 33.0 Å². The Kier molecular flexibility index (Phi) is 3.75. The number of hydrogen-bond acceptors (Lipinski definition) is 1. The summed E-state index contributed by atoms with van der Waals surface area (Å²) < 4.78 is 3.55. The van der Waals surface area contributed by atoms with Crippen molar-refractivity contribution in [3.05, 3.63) is 69.8 Å². The van der Waals surface area contributed by atoms with Crippen molar-refractivity contribution in [3.8, 4) is 0 Å². The van der Waals surface area contributed by atoms with Crippen molar-refractivity contribution in [2.75, 3.05) is 19.0 Å². The van der Waals surface area contributed by atoms with Crippen LogP contribution in [0.3, 0.4) is 0 Å². The second-order valence-electron chi connectivity index (χ2n) is 8.41. The number of nitrogens with zero attached hydrogens (tertiary/aromatic N) is 2. The van der Waals surface area contributed by atoms with Crippen molar-refractivity contribution < 1.29 is 4.58 Å². The number of para-hydroxylation sites is 2. The normalized spacial score (nSPS) is 21.7. The van der Waals surface area contributed by atoms with Gasteiger partial charge in [0.1, 0.15) is 11.5 Å². The van der Waals surface area contributed by atoms with E-state index in [9.17, 15) is 0 Å². The molecule has 0 saturated heterocycles. The lowest BCUT2D eigenvalue weighted by atomic mass is 9.78.